The highest BCUT2D eigenvalue weighted by Gasteiger charge is 2.42. The second kappa shape index (κ2) is 7.54. The van der Waals surface area contributed by atoms with Gasteiger partial charge >= 0.3 is 0 Å². The zero-order valence-electron chi connectivity index (χ0n) is 13.0. The minimum atomic E-state index is -0.653. The van der Waals surface area contributed by atoms with Crippen LogP contribution in [0.15, 0.2) is 10.7 Å². The van der Waals surface area contributed by atoms with Crippen LogP contribution >= 0.6 is 15.9 Å². The molecule has 1 aliphatic rings. The van der Waals surface area contributed by atoms with E-state index in [4.69, 9.17) is 4.74 Å². The summed E-state index contributed by atoms with van der Waals surface area (Å²) in [6.07, 6.45) is 8.83. The third kappa shape index (κ3) is 3.57. The van der Waals surface area contributed by atoms with Crippen LogP contribution in [-0.4, -0.2) is 27.8 Å². The van der Waals surface area contributed by atoms with Crippen LogP contribution in [0.1, 0.15) is 69.3 Å². The molecule has 0 atom stereocenters. The first-order valence-corrected chi connectivity index (χ1v) is 8.84. The third-order valence-electron chi connectivity index (χ3n) is 4.19. The highest BCUT2D eigenvalue weighted by atomic mass is 79.9. The van der Waals surface area contributed by atoms with Gasteiger partial charge in [0.25, 0.3) is 0 Å². The highest BCUT2D eigenvalue weighted by Crippen LogP contribution is 2.35. The van der Waals surface area contributed by atoms with Crippen molar-refractivity contribution < 1.29 is 9.53 Å². The zero-order chi connectivity index (χ0) is 15.3. The van der Waals surface area contributed by atoms with Crippen molar-refractivity contribution in [1.29, 1.82) is 0 Å². The van der Waals surface area contributed by atoms with Gasteiger partial charge in [0.1, 0.15) is 11.3 Å². The maximum Gasteiger partial charge on any atom is 0.213 e. The number of carbonyl (C=O) groups is 1. The van der Waals surface area contributed by atoms with E-state index in [1.165, 1.54) is 12.8 Å². The van der Waals surface area contributed by atoms with Crippen molar-refractivity contribution in [1.82, 2.24) is 9.78 Å². The molecule has 0 unspecified atom stereocenters. The van der Waals surface area contributed by atoms with Gasteiger partial charge in [0.15, 0.2) is 0 Å². The SMILES string of the molecule is CCCn1ncc(Br)c1C(=O)C1(OCC)CCCCCC1. The summed E-state index contributed by atoms with van der Waals surface area (Å²) in [7, 11) is 0. The summed E-state index contributed by atoms with van der Waals surface area (Å²) in [4.78, 5) is 13.2. The number of Topliss-reactive ketones (excluding diaryl/α,β-unsaturated/α-hetero) is 1. The maximum absolute atomic E-state index is 13.2. The fourth-order valence-electron chi connectivity index (χ4n) is 3.20. The first-order valence-electron chi connectivity index (χ1n) is 8.04. The number of hydrogen-bond acceptors (Lipinski definition) is 3. The molecule has 118 valence electrons. The van der Waals surface area contributed by atoms with Crippen molar-refractivity contribution in [3.8, 4) is 0 Å². The van der Waals surface area contributed by atoms with E-state index in [0.29, 0.717) is 12.3 Å². The molecule has 1 heterocycles. The van der Waals surface area contributed by atoms with Crippen LogP contribution in [0.5, 0.6) is 0 Å². The van der Waals surface area contributed by atoms with Crippen LogP contribution in [0.2, 0.25) is 0 Å². The molecule has 0 spiro atoms. The summed E-state index contributed by atoms with van der Waals surface area (Å²) < 4.78 is 8.61. The Balaban J connectivity index is 2.35. The van der Waals surface area contributed by atoms with Gasteiger partial charge in [0.05, 0.1) is 10.7 Å². The van der Waals surface area contributed by atoms with E-state index in [-0.39, 0.29) is 5.78 Å². The summed E-state index contributed by atoms with van der Waals surface area (Å²) in [5, 5.41) is 4.33. The Hall–Kier alpha value is -0.680. The lowest BCUT2D eigenvalue weighted by Gasteiger charge is -2.31. The lowest BCUT2D eigenvalue weighted by atomic mass is 9.87. The minimum absolute atomic E-state index is 0.101. The van der Waals surface area contributed by atoms with Gasteiger partial charge in [-0.25, -0.2) is 0 Å². The quantitative estimate of drug-likeness (QED) is 0.561. The third-order valence-corrected chi connectivity index (χ3v) is 4.77. The molecule has 1 aromatic heterocycles. The van der Waals surface area contributed by atoms with Crippen LogP contribution < -0.4 is 0 Å². The van der Waals surface area contributed by atoms with Crippen LogP contribution in [0.25, 0.3) is 0 Å². The Morgan fingerprint density at radius 2 is 2.00 bits per heavy atom. The number of ketones is 1. The Bertz CT molecular complexity index is 477. The van der Waals surface area contributed by atoms with Gasteiger partial charge in [-0.1, -0.05) is 32.6 Å². The van der Waals surface area contributed by atoms with Gasteiger partial charge in [0.2, 0.25) is 5.78 Å². The normalized spacial score (nSPS) is 18.4. The topological polar surface area (TPSA) is 44.1 Å². The predicted molar refractivity (Wildman–Crippen MR) is 86.6 cm³/mol. The number of hydrogen-bond donors (Lipinski definition) is 0. The molecule has 0 saturated heterocycles. The van der Waals surface area contributed by atoms with E-state index in [0.717, 1.165) is 43.1 Å². The molecule has 5 heteroatoms. The van der Waals surface area contributed by atoms with Gasteiger partial charge in [-0.3, -0.25) is 9.48 Å². The summed E-state index contributed by atoms with van der Waals surface area (Å²) >= 11 is 3.49. The zero-order valence-corrected chi connectivity index (χ0v) is 14.6. The van der Waals surface area contributed by atoms with Crippen molar-refractivity contribution in [3.63, 3.8) is 0 Å². The predicted octanol–water partition coefficient (Wildman–Crippen LogP) is 4.37. The lowest BCUT2D eigenvalue weighted by Crippen LogP contribution is -2.42. The summed E-state index contributed by atoms with van der Waals surface area (Å²) in [5.41, 5.74) is 0.0199. The number of ether oxygens (including phenoxy) is 1. The van der Waals surface area contributed by atoms with E-state index < -0.39 is 5.60 Å². The molecule has 0 N–H and O–H groups in total. The van der Waals surface area contributed by atoms with Crippen molar-refractivity contribution in [2.24, 2.45) is 0 Å². The summed E-state index contributed by atoms with van der Waals surface area (Å²) in [5.74, 6) is 0.101. The molecule has 0 aromatic carbocycles. The number of halogens is 1. The summed E-state index contributed by atoms with van der Waals surface area (Å²) in [6.45, 7) is 5.40. The van der Waals surface area contributed by atoms with Gasteiger partial charge < -0.3 is 4.74 Å². The molecule has 4 nitrogen and oxygen atoms in total. The Morgan fingerprint density at radius 3 is 2.57 bits per heavy atom. The van der Waals surface area contributed by atoms with Crippen molar-refractivity contribution in [2.75, 3.05) is 6.61 Å². The van der Waals surface area contributed by atoms with E-state index >= 15 is 0 Å². The fourth-order valence-corrected chi connectivity index (χ4v) is 3.67. The molecule has 2 rings (SSSR count). The summed E-state index contributed by atoms with van der Waals surface area (Å²) in [6, 6.07) is 0. The van der Waals surface area contributed by atoms with Gasteiger partial charge in [-0.15, -0.1) is 0 Å². The van der Waals surface area contributed by atoms with Crippen LogP contribution in [0, 0.1) is 0 Å². The second-order valence-electron chi connectivity index (χ2n) is 5.73. The molecule has 0 amide bonds. The monoisotopic (exact) mass is 356 g/mol. The number of aryl methyl sites for hydroxylation is 1. The first kappa shape index (κ1) is 16.7. The number of aromatic nitrogens is 2. The molecular formula is C16H25BrN2O2. The Labute approximate surface area is 135 Å². The Kier molecular flexibility index (Phi) is 5.99. The molecule has 0 bridgehead atoms. The van der Waals surface area contributed by atoms with Gasteiger partial charge in [-0.2, -0.15) is 5.10 Å². The number of rotatable bonds is 6. The molecule has 0 aliphatic heterocycles. The lowest BCUT2D eigenvalue weighted by molar-refractivity contribution is -0.0299. The molecule has 1 fully saturated rings. The molecule has 1 saturated carbocycles. The number of nitrogens with zero attached hydrogens (tertiary/aromatic N) is 2. The molecule has 1 aromatic rings. The van der Waals surface area contributed by atoms with E-state index in [2.05, 4.69) is 28.0 Å². The van der Waals surface area contributed by atoms with Crippen molar-refractivity contribution >= 4 is 21.7 Å². The fraction of sp³-hybridized carbons (Fsp3) is 0.750. The van der Waals surface area contributed by atoms with Crippen LogP contribution in [-0.2, 0) is 11.3 Å². The average Bonchev–Trinajstić information content (AvgIpc) is 2.69. The largest absolute Gasteiger partial charge is 0.367 e. The molecule has 21 heavy (non-hydrogen) atoms. The Morgan fingerprint density at radius 1 is 1.33 bits per heavy atom. The van der Waals surface area contributed by atoms with Gasteiger partial charge in [-0.05, 0) is 42.1 Å². The van der Waals surface area contributed by atoms with E-state index in [1.54, 1.807) is 6.20 Å². The first-order chi connectivity index (χ1) is 10.1. The van der Waals surface area contributed by atoms with Crippen molar-refractivity contribution in [2.45, 2.75) is 70.9 Å². The minimum Gasteiger partial charge on any atom is -0.367 e. The molecule has 1 aliphatic carbocycles. The average molecular weight is 357 g/mol. The standard InChI is InChI=1S/C16H25BrN2O2/c1-3-11-19-14(13(17)12-18-19)15(20)16(21-4-2)9-7-5-6-8-10-16/h12H,3-11H2,1-2H3. The van der Waals surface area contributed by atoms with E-state index in [1.807, 2.05) is 11.6 Å². The van der Waals surface area contributed by atoms with Crippen molar-refractivity contribution in [3.05, 3.63) is 16.4 Å². The van der Waals surface area contributed by atoms with Crippen LogP contribution in [0.3, 0.4) is 0 Å². The van der Waals surface area contributed by atoms with Crippen LogP contribution in [0.4, 0.5) is 0 Å². The van der Waals surface area contributed by atoms with Gasteiger partial charge in [0, 0.05) is 13.2 Å². The maximum atomic E-state index is 13.2. The highest BCUT2D eigenvalue weighted by molar-refractivity contribution is 9.10. The number of carbonyl (C=O) groups excluding carboxylic acids is 1. The molecule has 0 radical (unpaired) electrons. The van der Waals surface area contributed by atoms with E-state index in [9.17, 15) is 4.79 Å². The molecular weight excluding hydrogens is 332 g/mol. The second-order valence-corrected chi connectivity index (χ2v) is 6.59. The smallest absolute Gasteiger partial charge is 0.213 e.